The molecule has 0 bridgehead atoms. The lowest BCUT2D eigenvalue weighted by Gasteiger charge is -2.30. The number of hydrogen-bond acceptors (Lipinski definition) is 4. The number of benzene rings is 2. The molecule has 5 atom stereocenters. The van der Waals surface area contributed by atoms with Crippen molar-refractivity contribution >= 4 is 52.3 Å². The number of carbonyl (C=O) groups is 3. The number of hydrogen-bond donors (Lipinski definition) is 2. The van der Waals surface area contributed by atoms with Crippen molar-refractivity contribution in [1.29, 1.82) is 0 Å². The van der Waals surface area contributed by atoms with Crippen LogP contribution < -0.4 is 5.32 Å². The van der Waals surface area contributed by atoms with Crippen LogP contribution in [0, 0.1) is 17.3 Å². The van der Waals surface area contributed by atoms with Crippen LogP contribution in [0.2, 0.25) is 10.0 Å². The Labute approximate surface area is 202 Å². The number of aliphatic carboxylic acids is 1. The molecule has 1 aliphatic heterocycles. The Kier molecular flexibility index (Phi) is 7.35. The summed E-state index contributed by atoms with van der Waals surface area (Å²) in [5.74, 6) is -4.41. The van der Waals surface area contributed by atoms with Gasteiger partial charge in [0.15, 0.2) is 11.6 Å². The fourth-order valence-corrected chi connectivity index (χ4v) is 4.65. The van der Waals surface area contributed by atoms with Crippen LogP contribution in [-0.4, -0.2) is 34.1 Å². The Morgan fingerprint density at radius 2 is 1.62 bits per heavy atom. The van der Waals surface area contributed by atoms with Crippen LogP contribution in [0.5, 0.6) is 0 Å². The number of rotatable bonds is 6. The van der Waals surface area contributed by atoms with E-state index in [4.69, 9.17) is 34.8 Å². The minimum absolute atomic E-state index is 0.137. The molecule has 2 aromatic rings. The monoisotopic (exact) mass is 495 g/mol. The van der Waals surface area contributed by atoms with Gasteiger partial charge in [-0.25, -0.2) is 0 Å². The van der Waals surface area contributed by atoms with Gasteiger partial charge in [-0.3, -0.25) is 19.7 Å². The molecule has 1 fully saturated rings. The third-order valence-electron chi connectivity index (χ3n) is 5.72. The van der Waals surface area contributed by atoms with E-state index in [2.05, 4.69) is 5.32 Å². The summed E-state index contributed by atoms with van der Waals surface area (Å²) in [7, 11) is 0. The Morgan fingerprint density at radius 3 is 2.19 bits per heavy atom. The lowest BCUT2D eigenvalue weighted by atomic mass is 9.74. The molecule has 0 spiro atoms. The van der Waals surface area contributed by atoms with Gasteiger partial charge in [0.05, 0.1) is 22.2 Å². The van der Waals surface area contributed by atoms with Crippen LogP contribution in [0.4, 0.5) is 0 Å². The van der Waals surface area contributed by atoms with Crippen LogP contribution in [0.3, 0.4) is 0 Å². The SMILES string of the molecule is CC(C)(C)[C@H](Cl)C(=O)C1C(C(=O)O)NC(c2ccccc2)C1C(=O)c1cc(Cl)ccc1Cl. The summed E-state index contributed by atoms with van der Waals surface area (Å²) in [6, 6.07) is 11.4. The van der Waals surface area contributed by atoms with Crippen molar-refractivity contribution in [2.75, 3.05) is 0 Å². The third-order valence-corrected chi connectivity index (χ3v) is 7.16. The van der Waals surface area contributed by atoms with E-state index >= 15 is 0 Å². The molecule has 0 amide bonds. The first-order valence-corrected chi connectivity index (χ1v) is 11.3. The van der Waals surface area contributed by atoms with Crippen molar-refractivity contribution in [2.24, 2.45) is 17.3 Å². The maximum Gasteiger partial charge on any atom is 0.321 e. The van der Waals surface area contributed by atoms with Crippen molar-refractivity contribution in [2.45, 2.75) is 38.2 Å². The molecule has 5 nitrogen and oxygen atoms in total. The molecule has 0 saturated carbocycles. The summed E-state index contributed by atoms with van der Waals surface area (Å²) in [5, 5.41) is 12.4. The van der Waals surface area contributed by atoms with Gasteiger partial charge in [0.25, 0.3) is 0 Å². The van der Waals surface area contributed by atoms with Crippen LogP contribution in [-0.2, 0) is 9.59 Å². The standard InChI is InChI=1S/C24H24Cl3NO4/c1-24(2,3)22(27)21(30)17-16(20(29)14-11-13(25)9-10-15(14)26)18(28-19(17)23(31)32)12-7-5-4-6-8-12/h4-11,16-19,22,28H,1-3H3,(H,31,32)/t16?,17?,18?,19?,22-/m1/s1. The number of alkyl halides is 1. The highest BCUT2D eigenvalue weighted by Crippen LogP contribution is 2.43. The largest absolute Gasteiger partial charge is 0.480 e. The normalized spacial score (nSPS) is 24.2. The maximum atomic E-state index is 13.8. The van der Waals surface area contributed by atoms with Gasteiger partial charge in [0.1, 0.15) is 6.04 Å². The average molecular weight is 497 g/mol. The molecule has 3 rings (SSSR count). The van der Waals surface area contributed by atoms with Crippen LogP contribution >= 0.6 is 34.8 Å². The highest BCUT2D eigenvalue weighted by molar-refractivity contribution is 6.36. The summed E-state index contributed by atoms with van der Waals surface area (Å²) in [6.07, 6.45) is 0. The molecule has 2 N–H and O–H groups in total. The third kappa shape index (κ3) is 4.86. The Bertz CT molecular complexity index is 1040. The second-order valence-electron chi connectivity index (χ2n) is 9.04. The molecular formula is C24H24Cl3NO4. The van der Waals surface area contributed by atoms with Crippen LogP contribution in [0.25, 0.3) is 0 Å². The van der Waals surface area contributed by atoms with Gasteiger partial charge in [0.2, 0.25) is 0 Å². The fraction of sp³-hybridized carbons (Fsp3) is 0.375. The minimum Gasteiger partial charge on any atom is -0.480 e. The zero-order valence-corrected chi connectivity index (χ0v) is 20.1. The van der Waals surface area contributed by atoms with Crippen molar-refractivity contribution in [3.05, 3.63) is 69.7 Å². The van der Waals surface area contributed by atoms with Gasteiger partial charge >= 0.3 is 5.97 Å². The zero-order valence-electron chi connectivity index (χ0n) is 17.8. The zero-order chi connectivity index (χ0) is 23.8. The Balaban J connectivity index is 2.18. The molecule has 4 unspecified atom stereocenters. The molecule has 1 saturated heterocycles. The van der Waals surface area contributed by atoms with E-state index in [9.17, 15) is 19.5 Å². The van der Waals surface area contributed by atoms with Gasteiger partial charge < -0.3 is 5.11 Å². The Morgan fingerprint density at radius 1 is 1.00 bits per heavy atom. The molecule has 170 valence electrons. The van der Waals surface area contributed by atoms with E-state index in [1.807, 2.05) is 6.07 Å². The van der Waals surface area contributed by atoms with Crippen LogP contribution in [0.15, 0.2) is 48.5 Å². The number of carbonyl (C=O) groups excluding carboxylic acids is 2. The number of ketones is 2. The summed E-state index contributed by atoms with van der Waals surface area (Å²) in [4.78, 5) is 39.5. The fourth-order valence-electron chi connectivity index (χ4n) is 4.12. The summed E-state index contributed by atoms with van der Waals surface area (Å²) in [6.45, 7) is 5.38. The number of carboxylic acids is 1. The summed E-state index contributed by atoms with van der Waals surface area (Å²) in [5.41, 5.74) is 0.193. The quantitative estimate of drug-likeness (QED) is 0.412. The molecule has 1 heterocycles. The molecule has 0 aliphatic carbocycles. The highest BCUT2D eigenvalue weighted by Gasteiger charge is 2.55. The predicted molar refractivity (Wildman–Crippen MR) is 126 cm³/mol. The first-order chi connectivity index (χ1) is 14.9. The van der Waals surface area contributed by atoms with Crippen LogP contribution in [0.1, 0.15) is 42.7 Å². The molecule has 32 heavy (non-hydrogen) atoms. The maximum absolute atomic E-state index is 13.8. The topological polar surface area (TPSA) is 83.5 Å². The summed E-state index contributed by atoms with van der Waals surface area (Å²) >= 11 is 18.9. The molecule has 1 aliphatic rings. The average Bonchev–Trinajstić information content (AvgIpc) is 3.14. The van der Waals surface area contributed by atoms with Gasteiger partial charge in [-0.15, -0.1) is 11.6 Å². The number of nitrogens with one attached hydrogen (secondary N) is 1. The van der Waals surface area contributed by atoms with Crippen molar-refractivity contribution in [3.63, 3.8) is 0 Å². The number of halogens is 3. The molecular weight excluding hydrogens is 473 g/mol. The first-order valence-electron chi connectivity index (χ1n) is 10.1. The summed E-state index contributed by atoms with van der Waals surface area (Å²) < 4.78 is 0. The second kappa shape index (κ2) is 9.52. The second-order valence-corrected chi connectivity index (χ2v) is 10.3. The van der Waals surface area contributed by atoms with Crippen molar-refractivity contribution in [3.8, 4) is 0 Å². The smallest absolute Gasteiger partial charge is 0.321 e. The van der Waals surface area contributed by atoms with Crippen molar-refractivity contribution in [1.82, 2.24) is 5.32 Å². The van der Waals surface area contributed by atoms with Gasteiger partial charge in [0, 0.05) is 16.6 Å². The van der Waals surface area contributed by atoms with Gasteiger partial charge in [-0.05, 0) is 29.2 Å². The first kappa shape index (κ1) is 24.7. The van der Waals surface area contributed by atoms with E-state index in [0.29, 0.717) is 10.6 Å². The molecule has 8 heteroatoms. The highest BCUT2D eigenvalue weighted by atomic mass is 35.5. The van der Waals surface area contributed by atoms with E-state index < -0.39 is 52.2 Å². The lowest BCUT2D eigenvalue weighted by Crippen LogP contribution is -2.46. The molecule has 2 aromatic carbocycles. The van der Waals surface area contributed by atoms with E-state index in [1.54, 1.807) is 51.1 Å². The van der Waals surface area contributed by atoms with Gasteiger partial charge in [-0.2, -0.15) is 0 Å². The number of carboxylic acid groups (broad SMARTS) is 1. The molecule has 0 radical (unpaired) electrons. The predicted octanol–water partition coefficient (Wildman–Crippen LogP) is 5.43. The van der Waals surface area contributed by atoms with E-state index in [1.165, 1.54) is 12.1 Å². The van der Waals surface area contributed by atoms with E-state index in [0.717, 1.165) is 0 Å². The number of Topliss-reactive ketones (excluding diaryl/α,β-unsaturated/α-hetero) is 2. The molecule has 0 aromatic heterocycles. The Hall–Kier alpha value is -1.92. The van der Waals surface area contributed by atoms with E-state index in [-0.39, 0.29) is 10.6 Å². The van der Waals surface area contributed by atoms with Crippen molar-refractivity contribution < 1.29 is 19.5 Å². The van der Waals surface area contributed by atoms with Gasteiger partial charge in [-0.1, -0.05) is 74.3 Å². The lowest BCUT2D eigenvalue weighted by molar-refractivity contribution is -0.143. The minimum atomic E-state index is -1.29.